The van der Waals surface area contributed by atoms with E-state index in [-0.39, 0.29) is 0 Å². The Morgan fingerprint density at radius 2 is 2.16 bits per heavy atom. The highest BCUT2D eigenvalue weighted by Crippen LogP contribution is 2.24. The molecular weight excluding hydrogens is 274 g/mol. The van der Waals surface area contributed by atoms with Crippen molar-refractivity contribution in [2.75, 3.05) is 12.3 Å². The smallest absolute Gasteiger partial charge is 0.157 e. The van der Waals surface area contributed by atoms with E-state index >= 15 is 0 Å². The summed E-state index contributed by atoms with van der Waals surface area (Å²) in [4.78, 5) is 9.91. The maximum atomic E-state index is 4.49. The molecule has 1 aliphatic rings. The molecule has 3 rings (SSSR count). The van der Waals surface area contributed by atoms with Crippen molar-refractivity contribution < 1.29 is 0 Å². The van der Waals surface area contributed by atoms with Crippen LogP contribution in [-0.4, -0.2) is 22.4 Å². The second-order valence-corrected chi connectivity index (χ2v) is 6.37. The van der Waals surface area contributed by atoms with Crippen LogP contribution in [0, 0.1) is 0 Å². The molecule has 1 unspecified atom stereocenters. The Hall–Kier alpha value is -1.33. The summed E-state index contributed by atoms with van der Waals surface area (Å²) >= 11 is 3.60. The molecule has 0 amide bonds. The van der Waals surface area contributed by atoms with Crippen molar-refractivity contribution in [3.63, 3.8) is 0 Å². The van der Waals surface area contributed by atoms with E-state index in [4.69, 9.17) is 0 Å². The molecule has 2 aromatic heterocycles. The second kappa shape index (κ2) is 6.21. The van der Waals surface area contributed by atoms with Crippen molar-refractivity contribution in [1.29, 1.82) is 0 Å². The highest BCUT2D eigenvalue weighted by atomic mass is 32.2. The molecule has 0 saturated carbocycles. The number of nitrogens with zero attached hydrogens (tertiary/aromatic N) is 2. The van der Waals surface area contributed by atoms with Gasteiger partial charge < -0.3 is 5.32 Å². The summed E-state index contributed by atoms with van der Waals surface area (Å²) in [6.07, 6.45) is 4.66. The molecule has 3 heterocycles. The van der Waals surface area contributed by atoms with Crippen molar-refractivity contribution in [2.45, 2.75) is 12.5 Å². The van der Waals surface area contributed by atoms with Crippen LogP contribution in [0.25, 0.3) is 0 Å². The maximum absolute atomic E-state index is 4.49. The normalized spacial score (nSPS) is 16.1. The van der Waals surface area contributed by atoms with E-state index < -0.39 is 0 Å². The third-order valence-electron chi connectivity index (χ3n) is 2.96. The zero-order valence-corrected chi connectivity index (χ0v) is 12.1. The van der Waals surface area contributed by atoms with Gasteiger partial charge in [-0.05, 0) is 35.6 Å². The fourth-order valence-electron chi connectivity index (χ4n) is 2.04. The van der Waals surface area contributed by atoms with Crippen LogP contribution in [0.2, 0.25) is 0 Å². The lowest BCUT2D eigenvalue weighted by atomic mass is 10.1. The number of aromatic nitrogens is 1. The van der Waals surface area contributed by atoms with E-state index in [1.807, 2.05) is 24.2 Å². The summed E-state index contributed by atoms with van der Waals surface area (Å²) in [5.41, 5.74) is 1.30. The molecule has 0 aliphatic carbocycles. The standard InChI is InChI=1S/C14H15N3S2/c1-2-13(18-8-1)12(17-14-16-7-9-19-14)10-11-3-5-15-6-4-11/h1-6,8,12H,7,9-10H2,(H,16,17). The van der Waals surface area contributed by atoms with Crippen LogP contribution < -0.4 is 5.32 Å². The molecule has 3 nitrogen and oxygen atoms in total. The van der Waals surface area contributed by atoms with Crippen molar-refractivity contribution >= 4 is 28.3 Å². The molecule has 1 aliphatic heterocycles. The minimum atomic E-state index is 0.298. The van der Waals surface area contributed by atoms with E-state index in [2.05, 4.69) is 44.9 Å². The van der Waals surface area contributed by atoms with Crippen molar-refractivity contribution in [2.24, 2.45) is 4.99 Å². The molecular formula is C14H15N3S2. The van der Waals surface area contributed by atoms with Gasteiger partial charge in [0.15, 0.2) is 5.17 Å². The van der Waals surface area contributed by atoms with Crippen molar-refractivity contribution in [1.82, 2.24) is 10.3 Å². The Kier molecular flexibility index (Phi) is 4.15. The predicted molar refractivity (Wildman–Crippen MR) is 82.9 cm³/mol. The number of pyridine rings is 1. The highest BCUT2D eigenvalue weighted by molar-refractivity contribution is 8.14. The number of hydrogen-bond acceptors (Lipinski definition) is 5. The second-order valence-electron chi connectivity index (χ2n) is 4.31. The molecule has 0 radical (unpaired) electrons. The molecule has 1 atom stereocenters. The van der Waals surface area contributed by atoms with Gasteiger partial charge in [0.25, 0.3) is 0 Å². The summed E-state index contributed by atoms with van der Waals surface area (Å²) in [5.74, 6) is 1.09. The number of rotatable bonds is 4. The van der Waals surface area contributed by atoms with Crippen LogP contribution in [0.3, 0.4) is 0 Å². The number of nitrogens with one attached hydrogen (secondary N) is 1. The Balaban J connectivity index is 1.76. The Morgan fingerprint density at radius 3 is 2.84 bits per heavy atom. The van der Waals surface area contributed by atoms with Gasteiger partial charge in [-0.2, -0.15) is 0 Å². The van der Waals surface area contributed by atoms with E-state index in [0.717, 1.165) is 23.9 Å². The molecule has 0 saturated heterocycles. The number of aliphatic imine (C=N–C) groups is 1. The van der Waals surface area contributed by atoms with E-state index in [9.17, 15) is 0 Å². The fourth-order valence-corrected chi connectivity index (χ4v) is 3.60. The fraction of sp³-hybridized carbons (Fsp3) is 0.286. The molecule has 0 bridgehead atoms. The molecule has 0 aromatic carbocycles. The Bertz CT molecular complexity index is 537. The van der Waals surface area contributed by atoms with Crippen LogP contribution in [0.5, 0.6) is 0 Å². The summed E-state index contributed by atoms with van der Waals surface area (Å²) in [6, 6.07) is 8.73. The predicted octanol–water partition coefficient (Wildman–Crippen LogP) is 3.12. The lowest BCUT2D eigenvalue weighted by Gasteiger charge is -2.18. The van der Waals surface area contributed by atoms with Gasteiger partial charge >= 0.3 is 0 Å². The Morgan fingerprint density at radius 1 is 1.26 bits per heavy atom. The van der Waals surface area contributed by atoms with Gasteiger partial charge in [0.2, 0.25) is 0 Å². The molecule has 0 spiro atoms. The topological polar surface area (TPSA) is 37.3 Å². The average Bonchev–Trinajstić information content (AvgIpc) is 3.12. The third kappa shape index (κ3) is 3.36. The first-order valence-electron chi connectivity index (χ1n) is 6.28. The highest BCUT2D eigenvalue weighted by Gasteiger charge is 2.17. The van der Waals surface area contributed by atoms with Gasteiger partial charge in [-0.3, -0.25) is 9.98 Å². The first kappa shape index (κ1) is 12.7. The van der Waals surface area contributed by atoms with Crippen LogP contribution in [0.1, 0.15) is 16.5 Å². The molecule has 5 heteroatoms. The summed E-state index contributed by atoms with van der Waals surface area (Å²) in [7, 11) is 0. The minimum absolute atomic E-state index is 0.298. The molecule has 1 N–H and O–H groups in total. The molecule has 19 heavy (non-hydrogen) atoms. The largest absolute Gasteiger partial charge is 0.357 e. The number of thioether (sulfide) groups is 1. The summed E-state index contributed by atoms with van der Waals surface area (Å²) < 4.78 is 0. The average molecular weight is 289 g/mol. The van der Waals surface area contributed by atoms with Crippen molar-refractivity contribution in [3.8, 4) is 0 Å². The monoisotopic (exact) mass is 289 g/mol. The molecule has 0 fully saturated rings. The first-order chi connectivity index (χ1) is 9.42. The SMILES string of the molecule is c1csc(C(Cc2ccncc2)NC2=NCCS2)c1. The van der Waals surface area contributed by atoms with Crippen molar-refractivity contribution in [3.05, 3.63) is 52.5 Å². The lowest BCUT2D eigenvalue weighted by molar-refractivity contribution is 0.660. The molecule has 98 valence electrons. The van der Waals surface area contributed by atoms with Gasteiger partial charge in [0, 0.05) is 23.0 Å². The van der Waals surface area contributed by atoms with Gasteiger partial charge in [-0.1, -0.05) is 17.8 Å². The lowest BCUT2D eigenvalue weighted by Crippen LogP contribution is -2.26. The number of thiophene rings is 1. The Labute approximate surface area is 121 Å². The summed E-state index contributed by atoms with van der Waals surface area (Å²) in [5, 5.41) is 6.77. The van der Waals surface area contributed by atoms with Crippen LogP contribution >= 0.6 is 23.1 Å². The van der Waals surface area contributed by atoms with Gasteiger partial charge in [-0.15, -0.1) is 11.3 Å². The first-order valence-corrected chi connectivity index (χ1v) is 8.14. The summed E-state index contributed by atoms with van der Waals surface area (Å²) in [6.45, 7) is 0.930. The van der Waals surface area contributed by atoms with E-state index in [1.54, 1.807) is 11.3 Å². The van der Waals surface area contributed by atoms with Gasteiger partial charge in [0.1, 0.15) is 0 Å². The van der Waals surface area contributed by atoms with Crippen LogP contribution in [0.4, 0.5) is 0 Å². The third-order valence-corrected chi connectivity index (χ3v) is 4.85. The minimum Gasteiger partial charge on any atom is -0.357 e. The quantitative estimate of drug-likeness (QED) is 0.939. The van der Waals surface area contributed by atoms with Crippen LogP contribution in [-0.2, 0) is 6.42 Å². The van der Waals surface area contributed by atoms with E-state index in [1.165, 1.54) is 10.4 Å². The van der Waals surface area contributed by atoms with E-state index in [0.29, 0.717) is 6.04 Å². The molecule has 2 aromatic rings. The van der Waals surface area contributed by atoms with Gasteiger partial charge in [-0.25, -0.2) is 0 Å². The number of hydrogen-bond donors (Lipinski definition) is 1. The zero-order chi connectivity index (χ0) is 12.9. The maximum Gasteiger partial charge on any atom is 0.157 e. The van der Waals surface area contributed by atoms with Gasteiger partial charge in [0.05, 0.1) is 12.6 Å². The zero-order valence-electron chi connectivity index (χ0n) is 10.5. The van der Waals surface area contributed by atoms with Crippen LogP contribution in [0.15, 0.2) is 47.0 Å². The number of amidine groups is 1.